The van der Waals surface area contributed by atoms with Crippen LogP contribution in [0.4, 0.5) is 0 Å². The van der Waals surface area contributed by atoms with Gasteiger partial charge in [-0.25, -0.2) is 0 Å². The van der Waals surface area contributed by atoms with Crippen molar-refractivity contribution in [2.45, 2.75) is 6.61 Å². The van der Waals surface area contributed by atoms with Gasteiger partial charge >= 0.3 is 0 Å². The molecule has 8 heteroatoms. The van der Waals surface area contributed by atoms with Crippen LogP contribution in [-0.2, 0) is 6.61 Å². The number of hydrogen-bond acceptors (Lipinski definition) is 8. The summed E-state index contributed by atoms with van der Waals surface area (Å²) in [7, 11) is 6.29. The molecule has 0 fully saturated rings. The molecule has 1 heterocycles. The van der Waals surface area contributed by atoms with E-state index in [-0.39, 0.29) is 0 Å². The van der Waals surface area contributed by atoms with E-state index in [2.05, 4.69) is 10.2 Å². The first-order chi connectivity index (χ1) is 16.2. The maximum Gasteiger partial charge on any atom is 0.248 e. The van der Waals surface area contributed by atoms with Gasteiger partial charge in [-0.15, -0.1) is 10.2 Å². The normalized spacial score (nSPS) is 10.5. The number of ether oxygens (including phenoxy) is 5. The van der Waals surface area contributed by atoms with Gasteiger partial charge in [0.05, 0.1) is 28.4 Å². The molecule has 0 amide bonds. The lowest BCUT2D eigenvalue weighted by Gasteiger charge is -2.12. The SMILES string of the molecule is COc1ccc(OCc2ccccc2-c2nnc(-c3cc(OC)c(OC)c(OC)c3)o2)cc1. The third-order valence-corrected chi connectivity index (χ3v) is 5.04. The third-order valence-electron chi connectivity index (χ3n) is 5.04. The standard InChI is InChI=1S/C25H24N2O6/c1-28-18-9-11-19(12-10-18)32-15-16-7-5-6-8-20(16)25-27-26-24(33-25)17-13-21(29-2)23(31-4)22(14-17)30-3/h5-14H,15H2,1-4H3. The van der Waals surface area contributed by atoms with Crippen LogP contribution in [-0.4, -0.2) is 38.6 Å². The molecule has 1 aromatic heterocycles. The average Bonchev–Trinajstić information content (AvgIpc) is 3.37. The molecule has 0 aliphatic carbocycles. The molecule has 0 atom stereocenters. The minimum atomic E-state index is 0.329. The van der Waals surface area contributed by atoms with E-state index in [0.717, 1.165) is 22.6 Å². The van der Waals surface area contributed by atoms with Crippen LogP contribution in [0, 0.1) is 0 Å². The van der Waals surface area contributed by atoms with Crippen LogP contribution in [0.3, 0.4) is 0 Å². The van der Waals surface area contributed by atoms with Crippen LogP contribution in [0.15, 0.2) is 65.1 Å². The minimum Gasteiger partial charge on any atom is -0.497 e. The van der Waals surface area contributed by atoms with E-state index in [1.807, 2.05) is 48.5 Å². The van der Waals surface area contributed by atoms with Crippen LogP contribution in [0.1, 0.15) is 5.56 Å². The molecule has 0 N–H and O–H groups in total. The van der Waals surface area contributed by atoms with Gasteiger partial charge in [0.15, 0.2) is 11.5 Å². The molecule has 170 valence electrons. The molecule has 0 aliphatic rings. The fraction of sp³-hybridized carbons (Fsp3) is 0.200. The molecule has 3 aromatic carbocycles. The predicted octanol–water partition coefficient (Wildman–Crippen LogP) is 5.02. The minimum absolute atomic E-state index is 0.329. The van der Waals surface area contributed by atoms with Crippen molar-refractivity contribution in [3.05, 3.63) is 66.2 Å². The first-order valence-corrected chi connectivity index (χ1v) is 10.2. The molecule has 33 heavy (non-hydrogen) atoms. The summed E-state index contributed by atoms with van der Waals surface area (Å²) in [6.45, 7) is 0.338. The van der Waals surface area contributed by atoms with E-state index in [4.69, 9.17) is 28.1 Å². The first-order valence-electron chi connectivity index (χ1n) is 10.2. The fourth-order valence-corrected chi connectivity index (χ4v) is 3.34. The van der Waals surface area contributed by atoms with Gasteiger partial charge < -0.3 is 28.1 Å². The molecule has 4 aromatic rings. The number of nitrogens with zero attached hydrogens (tertiary/aromatic N) is 2. The molecule has 0 saturated heterocycles. The lowest BCUT2D eigenvalue weighted by molar-refractivity contribution is 0.305. The lowest BCUT2D eigenvalue weighted by Crippen LogP contribution is -1.98. The van der Waals surface area contributed by atoms with Crippen LogP contribution < -0.4 is 23.7 Å². The van der Waals surface area contributed by atoms with Gasteiger partial charge in [-0.05, 0) is 42.5 Å². The summed E-state index contributed by atoms with van der Waals surface area (Å²) in [5.41, 5.74) is 2.35. The molecule has 0 unspecified atom stereocenters. The highest BCUT2D eigenvalue weighted by atomic mass is 16.5. The van der Waals surface area contributed by atoms with Gasteiger partial charge in [-0.2, -0.15) is 0 Å². The number of hydrogen-bond donors (Lipinski definition) is 0. The Bertz CT molecular complexity index is 1190. The second-order valence-electron chi connectivity index (χ2n) is 6.95. The molecule has 4 rings (SSSR count). The average molecular weight is 448 g/mol. The molecule has 0 spiro atoms. The fourth-order valence-electron chi connectivity index (χ4n) is 3.34. The number of rotatable bonds is 9. The van der Waals surface area contributed by atoms with Crippen LogP contribution in [0.2, 0.25) is 0 Å². The van der Waals surface area contributed by atoms with E-state index in [1.54, 1.807) is 40.6 Å². The molecule has 0 radical (unpaired) electrons. The Kier molecular flexibility index (Phi) is 6.64. The van der Waals surface area contributed by atoms with Gasteiger partial charge in [0.25, 0.3) is 0 Å². The maximum absolute atomic E-state index is 6.01. The summed E-state index contributed by atoms with van der Waals surface area (Å²) in [6.07, 6.45) is 0. The number of aromatic nitrogens is 2. The maximum atomic E-state index is 6.01. The van der Waals surface area contributed by atoms with Gasteiger partial charge in [0.2, 0.25) is 17.5 Å². The van der Waals surface area contributed by atoms with Crippen molar-refractivity contribution in [3.8, 4) is 51.7 Å². The largest absolute Gasteiger partial charge is 0.497 e. The molecule has 0 bridgehead atoms. The van der Waals surface area contributed by atoms with Crippen molar-refractivity contribution < 1.29 is 28.1 Å². The van der Waals surface area contributed by atoms with Gasteiger partial charge in [-0.1, -0.05) is 18.2 Å². The predicted molar refractivity (Wildman–Crippen MR) is 122 cm³/mol. The first kappa shape index (κ1) is 22.0. The summed E-state index contributed by atoms with van der Waals surface area (Å²) < 4.78 is 33.3. The van der Waals surface area contributed by atoms with E-state index in [0.29, 0.717) is 41.2 Å². The van der Waals surface area contributed by atoms with E-state index >= 15 is 0 Å². The monoisotopic (exact) mass is 448 g/mol. The Morgan fingerprint density at radius 3 is 1.97 bits per heavy atom. The molecule has 8 nitrogen and oxygen atoms in total. The highest BCUT2D eigenvalue weighted by Gasteiger charge is 2.19. The van der Waals surface area contributed by atoms with Crippen LogP contribution >= 0.6 is 0 Å². The lowest BCUT2D eigenvalue weighted by atomic mass is 10.1. The molecular formula is C25H24N2O6. The Morgan fingerprint density at radius 1 is 0.697 bits per heavy atom. The van der Waals surface area contributed by atoms with E-state index in [1.165, 1.54) is 0 Å². The zero-order valence-corrected chi connectivity index (χ0v) is 18.8. The third kappa shape index (κ3) is 4.69. The van der Waals surface area contributed by atoms with Crippen LogP contribution in [0.5, 0.6) is 28.7 Å². The van der Waals surface area contributed by atoms with Crippen molar-refractivity contribution in [1.29, 1.82) is 0 Å². The van der Waals surface area contributed by atoms with E-state index in [9.17, 15) is 0 Å². The summed E-state index contributed by atoms with van der Waals surface area (Å²) in [4.78, 5) is 0. The highest BCUT2D eigenvalue weighted by Crippen LogP contribution is 2.41. The Morgan fingerprint density at radius 2 is 1.33 bits per heavy atom. The summed E-state index contributed by atoms with van der Waals surface area (Å²) >= 11 is 0. The van der Waals surface area contributed by atoms with Crippen LogP contribution in [0.25, 0.3) is 22.9 Å². The smallest absolute Gasteiger partial charge is 0.248 e. The van der Waals surface area contributed by atoms with Crippen molar-refractivity contribution in [1.82, 2.24) is 10.2 Å². The summed E-state index contributed by atoms with van der Waals surface area (Å²) in [5.74, 6) is 3.70. The number of benzene rings is 3. The van der Waals surface area contributed by atoms with Crippen molar-refractivity contribution in [2.24, 2.45) is 0 Å². The van der Waals surface area contributed by atoms with E-state index < -0.39 is 0 Å². The van der Waals surface area contributed by atoms with Gasteiger partial charge in [0.1, 0.15) is 18.1 Å². The molecule has 0 aliphatic heterocycles. The molecule has 0 saturated carbocycles. The Balaban J connectivity index is 1.60. The van der Waals surface area contributed by atoms with Gasteiger partial charge in [-0.3, -0.25) is 0 Å². The topological polar surface area (TPSA) is 85.1 Å². The zero-order valence-electron chi connectivity index (χ0n) is 18.8. The molecular weight excluding hydrogens is 424 g/mol. The zero-order chi connectivity index (χ0) is 23.2. The quantitative estimate of drug-likeness (QED) is 0.353. The Labute approximate surface area is 191 Å². The highest BCUT2D eigenvalue weighted by molar-refractivity contribution is 5.67. The second-order valence-corrected chi connectivity index (χ2v) is 6.95. The summed E-state index contributed by atoms with van der Waals surface area (Å²) in [5, 5.41) is 8.48. The van der Waals surface area contributed by atoms with Crippen molar-refractivity contribution in [2.75, 3.05) is 28.4 Å². The van der Waals surface area contributed by atoms with Crippen molar-refractivity contribution in [3.63, 3.8) is 0 Å². The number of methoxy groups -OCH3 is 4. The summed E-state index contributed by atoms with van der Waals surface area (Å²) in [6, 6.07) is 18.7. The van der Waals surface area contributed by atoms with Crippen molar-refractivity contribution >= 4 is 0 Å². The Hall–Kier alpha value is -4.20. The van der Waals surface area contributed by atoms with Gasteiger partial charge in [0, 0.05) is 16.7 Å². The second kappa shape index (κ2) is 9.95.